The molecule has 5 heteroatoms. The van der Waals surface area contributed by atoms with Crippen molar-refractivity contribution in [2.45, 2.75) is 59.1 Å². The molecular formula is C21H29F3N2. The van der Waals surface area contributed by atoms with Crippen LogP contribution in [-0.2, 0) is 6.42 Å². The Morgan fingerprint density at radius 3 is 2.35 bits per heavy atom. The Hall–Kier alpha value is -1.78. The molecule has 1 aliphatic heterocycles. The second-order valence-electron chi connectivity index (χ2n) is 7.43. The van der Waals surface area contributed by atoms with Gasteiger partial charge in [-0.2, -0.15) is 13.2 Å². The first-order valence-corrected chi connectivity index (χ1v) is 9.34. The van der Waals surface area contributed by atoms with Crippen LogP contribution in [0.5, 0.6) is 0 Å². The molecule has 2 nitrogen and oxygen atoms in total. The molecule has 1 aromatic carbocycles. The number of halogens is 3. The average Bonchev–Trinajstić information content (AvgIpc) is 2.51. The van der Waals surface area contributed by atoms with Gasteiger partial charge >= 0.3 is 6.18 Å². The van der Waals surface area contributed by atoms with Gasteiger partial charge in [0.05, 0.1) is 6.42 Å². The third-order valence-corrected chi connectivity index (χ3v) is 5.07. The molecule has 1 saturated heterocycles. The SMILES string of the molecule is C=CN=C(c1cc(CC(F)(F)F)ccc1C)N1CC(CCC)(CCC)C1. The molecule has 1 aromatic rings. The van der Waals surface area contributed by atoms with Gasteiger partial charge < -0.3 is 4.90 Å². The molecule has 26 heavy (non-hydrogen) atoms. The minimum atomic E-state index is -4.21. The lowest BCUT2D eigenvalue weighted by Crippen LogP contribution is -2.58. The number of aliphatic imine (C=N–C) groups is 1. The molecule has 1 heterocycles. The van der Waals surface area contributed by atoms with Crippen molar-refractivity contribution >= 4 is 5.84 Å². The minimum absolute atomic E-state index is 0.267. The summed E-state index contributed by atoms with van der Waals surface area (Å²) in [5.41, 5.74) is 2.28. The second-order valence-corrected chi connectivity index (χ2v) is 7.43. The van der Waals surface area contributed by atoms with Crippen molar-refractivity contribution in [1.29, 1.82) is 0 Å². The lowest BCUT2D eigenvalue weighted by atomic mass is 9.72. The normalized spacial score (nSPS) is 17.2. The predicted octanol–water partition coefficient (Wildman–Crippen LogP) is 5.89. The monoisotopic (exact) mass is 366 g/mol. The fraction of sp³-hybridized carbons (Fsp3) is 0.571. The summed E-state index contributed by atoms with van der Waals surface area (Å²) in [5.74, 6) is 0.740. The number of alkyl halides is 3. The highest BCUT2D eigenvalue weighted by Crippen LogP contribution is 2.40. The molecule has 0 aromatic heterocycles. The van der Waals surface area contributed by atoms with E-state index in [-0.39, 0.29) is 5.56 Å². The van der Waals surface area contributed by atoms with Gasteiger partial charge in [0.2, 0.25) is 0 Å². The quantitative estimate of drug-likeness (QED) is 0.434. The van der Waals surface area contributed by atoms with Crippen molar-refractivity contribution in [2.24, 2.45) is 10.4 Å². The van der Waals surface area contributed by atoms with E-state index in [4.69, 9.17) is 0 Å². The van der Waals surface area contributed by atoms with Gasteiger partial charge in [-0.05, 0) is 37.0 Å². The Balaban J connectivity index is 2.27. The van der Waals surface area contributed by atoms with Crippen LogP contribution in [0.3, 0.4) is 0 Å². The van der Waals surface area contributed by atoms with E-state index in [0.717, 1.165) is 42.9 Å². The summed E-state index contributed by atoms with van der Waals surface area (Å²) in [6.45, 7) is 11.8. The summed E-state index contributed by atoms with van der Waals surface area (Å²) >= 11 is 0. The fourth-order valence-corrected chi connectivity index (χ4v) is 4.07. The zero-order valence-corrected chi connectivity index (χ0v) is 16.0. The van der Waals surface area contributed by atoms with Crippen LogP contribution in [0.15, 0.2) is 36.0 Å². The highest BCUT2D eigenvalue weighted by Gasteiger charge is 2.43. The van der Waals surface area contributed by atoms with Crippen molar-refractivity contribution in [1.82, 2.24) is 4.90 Å². The maximum atomic E-state index is 12.8. The van der Waals surface area contributed by atoms with Crippen LogP contribution >= 0.6 is 0 Å². The number of benzene rings is 1. The van der Waals surface area contributed by atoms with Gasteiger partial charge in [0.1, 0.15) is 5.84 Å². The van der Waals surface area contributed by atoms with E-state index in [0.29, 0.717) is 5.41 Å². The maximum Gasteiger partial charge on any atom is 0.393 e. The highest BCUT2D eigenvalue weighted by atomic mass is 19.4. The number of nitrogens with zero attached hydrogens (tertiary/aromatic N) is 2. The van der Waals surface area contributed by atoms with Crippen molar-refractivity contribution in [3.8, 4) is 0 Å². The Bertz CT molecular complexity index is 648. The molecule has 0 radical (unpaired) electrons. The first-order chi connectivity index (χ1) is 12.2. The first-order valence-electron chi connectivity index (χ1n) is 9.34. The third-order valence-electron chi connectivity index (χ3n) is 5.07. The van der Waals surface area contributed by atoms with Gasteiger partial charge in [-0.3, -0.25) is 0 Å². The van der Waals surface area contributed by atoms with Gasteiger partial charge in [0.15, 0.2) is 0 Å². The molecule has 0 atom stereocenters. The number of aryl methyl sites for hydroxylation is 1. The zero-order chi connectivity index (χ0) is 19.4. The summed E-state index contributed by atoms with van der Waals surface area (Å²) in [5, 5.41) is 0. The van der Waals surface area contributed by atoms with Gasteiger partial charge in [-0.25, -0.2) is 4.99 Å². The van der Waals surface area contributed by atoms with Gasteiger partial charge in [0.25, 0.3) is 0 Å². The summed E-state index contributed by atoms with van der Waals surface area (Å²) in [6, 6.07) is 4.93. The Kier molecular flexibility index (Phi) is 6.53. The Morgan fingerprint density at radius 1 is 1.23 bits per heavy atom. The maximum absolute atomic E-state index is 12.8. The van der Waals surface area contributed by atoms with Crippen LogP contribution in [0.2, 0.25) is 0 Å². The molecular weight excluding hydrogens is 337 g/mol. The van der Waals surface area contributed by atoms with Crippen molar-refractivity contribution in [3.63, 3.8) is 0 Å². The van der Waals surface area contributed by atoms with Crippen LogP contribution in [0.4, 0.5) is 13.2 Å². The molecule has 144 valence electrons. The standard InChI is InChI=1S/C21H29F3N2/c1-5-10-20(11-6-2)14-26(15-20)19(25-7-3)18-12-17(9-8-16(18)4)13-21(22,23)24/h7-9,12H,3,5-6,10-11,13-15H2,1-2,4H3. The van der Waals surface area contributed by atoms with E-state index in [1.165, 1.54) is 19.0 Å². The topological polar surface area (TPSA) is 15.6 Å². The number of likely N-dealkylation sites (tertiary alicyclic amines) is 1. The lowest BCUT2D eigenvalue weighted by Gasteiger charge is -2.52. The number of amidine groups is 1. The number of hydrogen-bond donors (Lipinski definition) is 0. The van der Waals surface area contributed by atoms with E-state index >= 15 is 0 Å². The molecule has 0 aliphatic carbocycles. The molecule has 0 spiro atoms. The summed E-state index contributed by atoms with van der Waals surface area (Å²) in [7, 11) is 0. The summed E-state index contributed by atoms with van der Waals surface area (Å²) in [4.78, 5) is 6.61. The van der Waals surface area contributed by atoms with Crippen molar-refractivity contribution in [2.75, 3.05) is 13.1 Å². The molecule has 0 saturated carbocycles. The Morgan fingerprint density at radius 2 is 1.85 bits per heavy atom. The van der Waals surface area contributed by atoms with Crippen LogP contribution in [0.1, 0.15) is 56.2 Å². The van der Waals surface area contributed by atoms with E-state index in [1.54, 1.807) is 18.2 Å². The van der Waals surface area contributed by atoms with E-state index in [9.17, 15) is 13.2 Å². The van der Waals surface area contributed by atoms with Gasteiger partial charge in [-0.15, -0.1) is 0 Å². The highest BCUT2D eigenvalue weighted by molar-refractivity contribution is 6.01. The number of rotatable bonds is 7. The van der Waals surface area contributed by atoms with Gasteiger partial charge in [-0.1, -0.05) is 45.4 Å². The zero-order valence-electron chi connectivity index (χ0n) is 16.0. The van der Waals surface area contributed by atoms with Crippen molar-refractivity contribution < 1.29 is 13.2 Å². The predicted molar refractivity (Wildman–Crippen MR) is 101 cm³/mol. The second kappa shape index (κ2) is 8.28. The minimum Gasteiger partial charge on any atom is -0.355 e. The molecule has 1 fully saturated rings. The van der Waals surface area contributed by atoms with Crippen LogP contribution in [0.25, 0.3) is 0 Å². The van der Waals surface area contributed by atoms with Crippen molar-refractivity contribution in [3.05, 3.63) is 47.7 Å². The first kappa shape index (κ1) is 20.5. The van der Waals surface area contributed by atoms with E-state index in [1.807, 2.05) is 6.92 Å². The molecule has 2 rings (SSSR count). The van der Waals surface area contributed by atoms with E-state index in [2.05, 4.69) is 30.3 Å². The Labute approximate surface area is 154 Å². The van der Waals surface area contributed by atoms with Crippen LogP contribution in [-0.4, -0.2) is 30.0 Å². The molecule has 1 aliphatic rings. The summed E-state index contributed by atoms with van der Waals surface area (Å²) in [6.07, 6.45) is 0.972. The lowest BCUT2D eigenvalue weighted by molar-refractivity contribution is -0.127. The average molecular weight is 366 g/mol. The molecule has 0 bridgehead atoms. The summed E-state index contributed by atoms with van der Waals surface area (Å²) < 4.78 is 38.3. The largest absolute Gasteiger partial charge is 0.393 e. The fourth-order valence-electron chi connectivity index (χ4n) is 4.07. The van der Waals surface area contributed by atoms with Gasteiger partial charge in [0, 0.05) is 30.3 Å². The molecule has 0 amide bonds. The molecule has 0 N–H and O–H groups in total. The van der Waals surface area contributed by atoms with E-state index < -0.39 is 12.6 Å². The van der Waals surface area contributed by atoms with Crippen LogP contribution in [0, 0.1) is 12.3 Å². The molecule has 0 unspecified atom stereocenters. The van der Waals surface area contributed by atoms with Crippen LogP contribution < -0.4 is 0 Å². The number of hydrogen-bond acceptors (Lipinski definition) is 1. The third kappa shape index (κ3) is 4.89. The smallest absolute Gasteiger partial charge is 0.355 e.